The molecule has 0 bridgehead atoms. The molecule has 1 aromatic carbocycles. The lowest BCUT2D eigenvalue weighted by Crippen LogP contribution is -2.29. The summed E-state index contributed by atoms with van der Waals surface area (Å²) in [5, 5.41) is 12.3. The molecule has 0 atom stereocenters. The normalized spacial score (nSPS) is 17.9. The molecule has 0 aliphatic carbocycles. The van der Waals surface area contributed by atoms with E-state index in [9.17, 15) is 5.11 Å². The summed E-state index contributed by atoms with van der Waals surface area (Å²) in [7, 11) is 0. The summed E-state index contributed by atoms with van der Waals surface area (Å²) in [4.78, 5) is 0. The van der Waals surface area contributed by atoms with Gasteiger partial charge in [0, 0.05) is 12.1 Å². The monoisotopic (exact) mass is 148 g/mol. The van der Waals surface area contributed by atoms with E-state index in [2.05, 4.69) is 5.32 Å². The molecule has 1 aromatic rings. The Morgan fingerprint density at radius 3 is 2.91 bits per heavy atom. The summed E-state index contributed by atoms with van der Waals surface area (Å²) in [6, 6.07) is 7.91. The molecule has 0 saturated carbocycles. The Morgan fingerprint density at radius 1 is 1.27 bits per heavy atom. The first kappa shape index (κ1) is 6.83. The Kier molecular flexibility index (Phi) is 1.64. The second-order valence-corrected chi connectivity index (χ2v) is 2.68. The van der Waals surface area contributed by atoms with Crippen molar-refractivity contribution in [3.63, 3.8) is 0 Å². The number of nitrogens with one attached hydrogen (secondary N) is 1. The summed E-state index contributed by atoms with van der Waals surface area (Å²) >= 11 is 0. The van der Waals surface area contributed by atoms with Gasteiger partial charge in [0.25, 0.3) is 0 Å². The third-order valence-corrected chi connectivity index (χ3v) is 1.96. The molecule has 0 spiro atoms. The number of benzene rings is 1. The highest BCUT2D eigenvalue weighted by Gasteiger charge is 2.16. The summed E-state index contributed by atoms with van der Waals surface area (Å²) in [5.41, 5.74) is 2.17. The van der Waals surface area contributed by atoms with Gasteiger partial charge in [-0.2, -0.15) is 0 Å². The van der Waals surface area contributed by atoms with Gasteiger partial charge in [0.15, 0.2) is 6.23 Å². The lowest BCUT2D eigenvalue weighted by Gasteiger charge is -2.20. The van der Waals surface area contributed by atoms with Gasteiger partial charge in [0.05, 0.1) is 0 Å². The smallest absolute Gasteiger partial charge is 0.190 e. The van der Waals surface area contributed by atoms with Crippen molar-refractivity contribution in [1.29, 1.82) is 0 Å². The predicted molar refractivity (Wildman–Crippen MR) is 42.4 cm³/mol. The molecule has 2 rings (SSSR count). The Hall–Kier alpha value is -0.860. The van der Waals surface area contributed by atoms with Gasteiger partial charge in [0.1, 0.15) is 0 Å². The molecule has 2 heteroatoms. The zero-order valence-electron chi connectivity index (χ0n) is 6.17. The Morgan fingerprint density at radius 2 is 2.09 bits per heavy atom. The van der Waals surface area contributed by atoms with Crippen LogP contribution in [0, 0.1) is 6.23 Å². The van der Waals surface area contributed by atoms with Crippen LogP contribution in [0.1, 0.15) is 11.1 Å². The Labute approximate surface area is 65.9 Å². The minimum Gasteiger partial charge on any atom is -0.367 e. The van der Waals surface area contributed by atoms with Crippen molar-refractivity contribution in [3.8, 4) is 0 Å². The average molecular weight is 148 g/mol. The van der Waals surface area contributed by atoms with Crippen LogP contribution in [0.3, 0.4) is 0 Å². The first-order valence-corrected chi connectivity index (χ1v) is 3.76. The fraction of sp³-hybridized carbons (Fsp3) is 0.222. The molecular weight excluding hydrogens is 138 g/mol. The molecule has 1 radical (unpaired) electrons. The summed E-state index contributed by atoms with van der Waals surface area (Å²) < 4.78 is 0. The van der Waals surface area contributed by atoms with Crippen LogP contribution in [0.4, 0.5) is 0 Å². The summed E-state index contributed by atoms with van der Waals surface area (Å²) in [6.07, 6.45) is 1.31. The molecule has 2 N–H and O–H groups in total. The van der Waals surface area contributed by atoms with Crippen molar-refractivity contribution in [2.75, 3.05) is 6.54 Å². The largest absolute Gasteiger partial charge is 0.367 e. The van der Waals surface area contributed by atoms with Crippen molar-refractivity contribution >= 4 is 0 Å². The van der Waals surface area contributed by atoms with E-state index in [4.69, 9.17) is 0 Å². The van der Waals surface area contributed by atoms with Gasteiger partial charge in [-0.15, -0.1) is 0 Å². The topological polar surface area (TPSA) is 32.3 Å². The van der Waals surface area contributed by atoms with Crippen LogP contribution < -0.4 is 5.32 Å². The van der Waals surface area contributed by atoms with E-state index in [0.29, 0.717) is 6.23 Å². The van der Waals surface area contributed by atoms with E-state index in [0.717, 1.165) is 18.5 Å². The molecule has 1 aliphatic heterocycles. The second-order valence-electron chi connectivity index (χ2n) is 2.68. The van der Waals surface area contributed by atoms with Crippen LogP contribution >= 0.6 is 0 Å². The van der Waals surface area contributed by atoms with Crippen molar-refractivity contribution in [2.45, 2.75) is 6.42 Å². The van der Waals surface area contributed by atoms with Gasteiger partial charge in [-0.1, -0.05) is 24.3 Å². The number of fused-ring (bicyclic) bond motifs is 1. The SMILES string of the molecule is O[C]1NCCc2ccccc21. The molecule has 0 unspecified atom stereocenters. The first-order chi connectivity index (χ1) is 5.38. The lowest BCUT2D eigenvalue weighted by atomic mass is 10.0. The van der Waals surface area contributed by atoms with E-state index >= 15 is 0 Å². The lowest BCUT2D eigenvalue weighted by molar-refractivity contribution is 0.279. The van der Waals surface area contributed by atoms with Crippen LogP contribution in [-0.2, 0) is 6.42 Å². The number of rotatable bonds is 0. The van der Waals surface area contributed by atoms with Gasteiger partial charge in [-0.05, 0) is 12.0 Å². The standard InChI is InChI=1S/C9H10NO/c11-9-8-4-2-1-3-7(8)5-6-10-9/h1-4,10-11H,5-6H2. The highest BCUT2D eigenvalue weighted by molar-refractivity contribution is 5.37. The number of aliphatic hydroxyl groups excluding tert-OH is 1. The van der Waals surface area contributed by atoms with E-state index < -0.39 is 0 Å². The average Bonchev–Trinajstić information content (AvgIpc) is 2.06. The van der Waals surface area contributed by atoms with Gasteiger partial charge in [0.2, 0.25) is 0 Å². The van der Waals surface area contributed by atoms with Crippen molar-refractivity contribution < 1.29 is 5.11 Å². The third-order valence-electron chi connectivity index (χ3n) is 1.96. The van der Waals surface area contributed by atoms with Crippen LogP contribution in [0.15, 0.2) is 24.3 Å². The second kappa shape index (κ2) is 2.64. The van der Waals surface area contributed by atoms with Crippen molar-refractivity contribution in [2.24, 2.45) is 0 Å². The van der Waals surface area contributed by atoms with Crippen LogP contribution in [0.25, 0.3) is 0 Å². The molecule has 1 heterocycles. The van der Waals surface area contributed by atoms with Crippen molar-refractivity contribution in [1.82, 2.24) is 5.32 Å². The van der Waals surface area contributed by atoms with Gasteiger partial charge >= 0.3 is 0 Å². The van der Waals surface area contributed by atoms with Crippen LogP contribution in [0.2, 0.25) is 0 Å². The molecule has 11 heavy (non-hydrogen) atoms. The van der Waals surface area contributed by atoms with Gasteiger partial charge < -0.3 is 5.11 Å². The number of hydrogen-bond acceptors (Lipinski definition) is 2. The van der Waals surface area contributed by atoms with Gasteiger partial charge in [-0.3, -0.25) is 5.32 Å². The fourth-order valence-corrected chi connectivity index (χ4v) is 1.38. The zero-order chi connectivity index (χ0) is 7.68. The molecule has 1 aliphatic rings. The molecular formula is C9H10NO. The molecule has 2 nitrogen and oxygen atoms in total. The Bertz CT molecular complexity index is 259. The summed E-state index contributed by atoms with van der Waals surface area (Å²) in [6.45, 7) is 0.836. The van der Waals surface area contributed by atoms with E-state index in [1.54, 1.807) is 0 Å². The van der Waals surface area contributed by atoms with E-state index in [1.165, 1.54) is 5.56 Å². The molecule has 0 aromatic heterocycles. The summed E-state index contributed by atoms with van der Waals surface area (Å²) in [5.74, 6) is 0. The van der Waals surface area contributed by atoms with E-state index in [-0.39, 0.29) is 0 Å². The Balaban J connectivity index is 2.44. The molecule has 57 valence electrons. The zero-order valence-corrected chi connectivity index (χ0v) is 6.17. The highest BCUT2D eigenvalue weighted by Crippen LogP contribution is 2.18. The number of hydrogen-bond donors (Lipinski definition) is 2. The molecule has 0 amide bonds. The predicted octanol–water partition coefficient (Wildman–Crippen LogP) is 1.04. The molecule has 0 saturated heterocycles. The maximum Gasteiger partial charge on any atom is 0.190 e. The minimum absolute atomic E-state index is 0.312. The maximum atomic E-state index is 9.37. The van der Waals surface area contributed by atoms with Crippen LogP contribution in [-0.4, -0.2) is 11.7 Å². The highest BCUT2D eigenvalue weighted by atomic mass is 16.3. The van der Waals surface area contributed by atoms with Crippen LogP contribution in [0.5, 0.6) is 0 Å². The fourth-order valence-electron chi connectivity index (χ4n) is 1.38. The van der Waals surface area contributed by atoms with Crippen molar-refractivity contribution in [3.05, 3.63) is 41.6 Å². The molecule has 0 fully saturated rings. The quantitative estimate of drug-likeness (QED) is 0.576. The number of aliphatic hydroxyl groups is 1. The van der Waals surface area contributed by atoms with Gasteiger partial charge in [-0.25, -0.2) is 0 Å². The minimum atomic E-state index is 0.312. The third kappa shape index (κ3) is 1.15. The first-order valence-electron chi connectivity index (χ1n) is 3.76. The maximum absolute atomic E-state index is 9.37. The van der Waals surface area contributed by atoms with E-state index in [1.807, 2.05) is 24.3 Å².